The topological polar surface area (TPSA) is 26.3 Å². The number of halogens is 1. The summed E-state index contributed by atoms with van der Waals surface area (Å²) in [7, 11) is 0. The molecule has 0 aromatic heterocycles. The Morgan fingerprint density at radius 3 is 2.52 bits per heavy atom. The van der Waals surface area contributed by atoms with Crippen molar-refractivity contribution in [3.8, 4) is 5.75 Å². The van der Waals surface area contributed by atoms with Gasteiger partial charge in [-0.05, 0) is 63.1 Å². The first-order valence-corrected chi connectivity index (χ1v) is 8.21. The molecule has 1 rings (SSSR count). The fourth-order valence-electron chi connectivity index (χ4n) is 2.69. The SMILES string of the molecule is CCCOc1c(C)cc(Cl)c(C)c1C(CC)CCC(C)=O. The van der Waals surface area contributed by atoms with Crippen molar-refractivity contribution in [2.24, 2.45) is 0 Å². The molecule has 118 valence electrons. The van der Waals surface area contributed by atoms with Crippen molar-refractivity contribution in [3.05, 3.63) is 27.8 Å². The van der Waals surface area contributed by atoms with E-state index in [2.05, 4.69) is 13.8 Å². The summed E-state index contributed by atoms with van der Waals surface area (Å²) in [5, 5.41) is 0.785. The predicted molar refractivity (Wildman–Crippen MR) is 89.7 cm³/mol. The van der Waals surface area contributed by atoms with Gasteiger partial charge in [0, 0.05) is 17.0 Å². The van der Waals surface area contributed by atoms with Gasteiger partial charge in [0.25, 0.3) is 0 Å². The maximum Gasteiger partial charge on any atom is 0.129 e. The first-order chi connectivity index (χ1) is 9.92. The van der Waals surface area contributed by atoms with Gasteiger partial charge in [0.2, 0.25) is 0 Å². The van der Waals surface area contributed by atoms with Crippen molar-refractivity contribution in [1.82, 2.24) is 0 Å². The molecule has 0 aliphatic rings. The van der Waals surface area contributed by atoms with E-state index in [1.165, 1.54) is 5.56 Å². The Morgan fingerprint density at radius 2 is 2.00 bits per heavy atom. The molecule has 1 aromatic carbocycles. The molecule has 0 amide bonds. The minimum absolute atomic E-state index is 0.237. The summed E-state index contributed by atoms with van der Waals surface area (Å²) in [5.41, 5.74) is 3.36. The molecule has 0 fully saturated rings. The largest absolute Gasteiger partial charge is 0.493 e. The Hall–Kier alpha value is -1.02. The van der Waals surface area contributed by atoms with Crippen LogP contribution in [0.25, 0.3) is 0 Å². The van der Waals surface area contributed by atoms with E-state index in [1.54, 1.807) is 6.92 Å². The second kappa shape index (κ2) is 8.43. The average molecular weight is 311 g/mol. The molecule has 0 spiro atoms. The van der Waals surface area contributed by atoms with Crippen molar-refractivity contribution in [2.45, 2.75) is 66.2 Å². The van der Waals surface area contributed by atoms with Crippen LogP contribution in [0.4, 0.5) is 0 Å². The normalized spacial score (nSPS) is 12.3. The number of Topliss-reactive ketones (excluding diaryl/α,β-unsaturated/α-hetero) is 1. The van der Waals surface area contributed by atoms with Crippen molar-refractivity contribution in [3.63, 3.8) is 0 Å². The first kappa shape index (κ1) is 18.0. The summed E-state index contributed by atoms with van der Waals surface area (Å²) in [5.74, 6) is 1.52. The van der Waals surface area contributed by atoms with Crippen molar-refractivity contribution in [1.29, 1.82) is 0 Å². The Labute approximate surface area is 133 Å². The number of hydrogen-bond acceptors (Lipinski definition) is 2. The van der Waals surface area contributed by atoms with E-state index in [0.29, 0.717) is 18.9 Å². The standard InChI is InChI=1S/C18H27ClO2/c1-6-10-21-18-12(3)11-16(19)14(5)17(18)15(7-2)9-8-13(4)20/h11,15H,6-10H2,1-5H3. The molecular weight excluding hydrogens is 284 g/mol. The molecule has 2 nitrogen and oxygen atoms in total. The average Bonchev–Trinajstić information content (AvgIpc) is 2.43. The van der Waals surface area contributed by atoms with E-state index in [0.717, 1.165) is 41.2 Å². The van der Waals surface area contributed by atoms with Crippen LogP contribution in [0.2, 0.25) is 5.02 Å². The number of rotatable bonds is 8. The molecule has 21 heavy (non-hydrogen) atoms. The second-order valence-corrected chi connectivity index (χ2v) is 6.14. The van der Waals surface area contributed by atoms with E-state index >= 15 is 0 Å². The number of ether oxygens (including phenoxy) is 1. The van der Waals surface area contributed by atoms with Gasteiger partial charge >= 0.3 is 0 Å². The molecule has 1 unspecified atom stereocenters. The quantitative estimate of drug-likeness (QED) is 0.624. The van der Waals surface area contributed by atoms with E-state index in [1.807, 2.05) is 19.9 Å². The summed E-state index contributed by atoms with van der Waals surface area (Å²) in [6, 6.07) is 1.98. The number of aryl methyl sites for hydroxylation is 1. The molecule has 0 saturated heterocycles. The Morgan fingerprint density at radius 1 is 1.33 bits per heavy atom. The van der Waals surface area contributed by atoms with Crippen LogP contribution in [0.5, 0.6) is 5.75 Å². The van der Waals surface area contributed by atoms with Crippen molar-refractivity contribution in [2.75, 3.05) is 6.61 Å². The third kappa shape index (κ3) is 4.74. The van der Waals surface area contributed by atoms with Gasteiger partial charge in [-0.1, -0.05) is 25.4 Å². The van der Waals surface area contributed by atoms with E-state index in [-0.39, 0.29) is 5.78 Å². The van der Waals surface area contributed by atoms with E-state index in [9.17, 15) is 4.79 Å². The first-order valence-electron chi connectivity index (χ1n) is 7.84. The molecule has 0 aliphatic carbocycles. The summed E-state index contributed by atoms with van der Waals surface area (Å²) in [6.45, 7) is 10.7. The van der Waals surface area contributed by atoms with Gasteiger partial charge in [-0.25, -0.2) is 0 Å². The summed E-state index contributed by atoms with van der Waals surface area (Å²) < 4.78 is 6.00. The maximum absolute atomic E-state index is 11.3. The van der Waals surface area contributed by atoms with Gasteiger partial charge in [0.05, 0.1) is 6.61 Å². The van der Waals surface area contributed by atoms with Crippen molar-refractivity contribution >= 4 is 17.4 Å². The molecule has 0 bridgehead atoms. The predicted octanol–water partition coefficient (Wildman–Crippen LogP) is 5.61. The van der Waals surface area contributed by atoms with Crippen LogP contribution in [0.15, 0.2) is 6.07 Å². The van der Waals surface area contributed by atoms with Gasteiger partial charge in [-0.15, -0.1) is 0 Å². The molecule has 3 heteroatoms. The molecule has 0 radical (unpaired) electrons. The molecule has 0 heterocycles. The number of benzene rings is 1. The Balaban J connectivity index is 3.24. The van der Waals surface area contributed by atoms with Gasteiger partial charge in [-0.2, -0.15) is 0 Å². The molecule has 1 atom stereocenters. The van der Waals surface area contributed by atoms with Crippen LogP contribution in [0.1, 0.15) is 69.1 Å². The number of ketones is 1. The Bertz CT molecular complexity index is 494. The van der Waals surface area contributed by atoms with Crippen molar-refractivity contribution < 1.29 is 9.53 Å². The summed E-state index contributed by atoms with van der Waals surface area (Å²) in [6.07, 6.45) is 3.42. The molecule has 0 N–H and O–H groups in total. The molecule has 0 saturated carbocycles. The molecule has 1 aromatic rings. The zero-order chi connectivity index (χ0) is 16.0. The second-order valence-electron chi connectivity index (χ2n) is 5.74. The third-order valence-electron chi connectivity index (χ3n) is 3.90. The van der Waals surface area contributed by atoms with Gasteiger partial charge in [-0.3, -0.25) is 0 Å². The smallest absolute Gasteiger partial charge is 0.129 e. The summed E-state index contributed by atoms with van der Waals surface area (Å²) >= 11 is 6.37. The van der Waals surface area contributed by atoms with E-state index < -0.39 is 0 Å². The third-order valence-corrected chi connectivity index (χ3v) is 4.30. The zero-order valence-corrected chi connectivity index (χ0v) is 14.6. The van der Waals surface area contributed by atoms with E-state index in [4.69, 9.17) is 16.3 Å². The highest BCUT2D eigenvalue weighted by atomic mass is 35.5. The lowest BCUT2D eigenvalue weighted by Crippen LogP contribution is -2.09. The van der Waals surface area contributed by atoms with Gasteiger partial charge < -0.3 is 9.53 Å². The van der Waals surface area contributed by atoms with Crippen LogP contribution in [-0.2, 0) is 4.79 Å². The minimum Gasteiger partial charge on any atom is -0.493 e. The highest BCUT2D eigenvalue weighted by Gasteiger charge is 2.21. The van der Waals surface area contributed by atoms with Crippen LogP contribution >= 0.6 is 11.6 Å². The fourth-order valence-corrected chi connectivity index (χ4v) is 2.96. The molecular formula is C18H27ClO2. The number of carbonyl (C=O) groups is 1. The number of hydrogen-bond donors (Lipinski definition) is 0. The fraction of sp³-hybridized carbons (Fsp3) is 0.611. The zero-order valence-electron chi connectivity index (χ0n) is 13.9. The van der Waals surface area contributed by atoms with Crippen LogP contribution < -0.4 is 4.74 Å². The lowest BCUT2D eigenvalue weighted by Gasteiger charge is -2.24. The van der Waals surface area contributed by atoms with Gasteiger partial charge in [0.15, 0.2) is 0 Å². The Kier molecular flexibility index (Phi) is 7.24. The minimum atomic E-state index is 0.237. The van der Waals surface area contributed by atoms with Gasteiger partial charge in [0.1, 0.15) is 11.5 Å². The highest BCUT2D eigenvalue weighted by molar-refractivity contribution is 6.31. The van der Waals surface area contributed by atoms with Crippen LogP contribution in [0, 0.1) is 13.8 Å². The van der Waals surface area contributed by atoms with Crippen LogP contribution in [0.3, 0.4) is 0 Å². The number of carbonyl (C=O) groups excluding carboxylic acids is 1. The monoisotopic (exact) mass is 310 g/mol. The maximum atomic E-state index is 11.3. The summed E-state index contributed by atoms with van der Waals surface area (Å²) in [4.78, 5) is 11.3. The lowest BCUT2D eigenvalue weighted by molar-refractivity contribution is -0.117. The molecule has 0 aliphatic heterocycles. The van der Waals surface area contributed by atoms with Crippen LogP contribution in [-0.4, -0.2) is 12.4 Å². The highest BCUT2D eigenvalue weighted by Crippen LogP contribution is 2.40. The lowest BCUT2D eigenvalue weighted by atomic mass is 9.86.